The predicted octanol–water partition coefficient (Wildman–Crippen LogP) is 5.56. The quantitative estimate of drug-likeness (QED) is 0.448. The molecule has 3 aromatic carbocycles. The van der Waals surface area contributed by atoms with Crippen molar-refractivity contribution in [3.8, 4) is 5.75 Å². The lowest BCUT2D eigenvalue weighted by atomic mass is 9.96. The molecule has 0 saturated heterocycles. The molecule has 0 bridgehead atoms. The molecule has 0 atom stereocenters. The van der Waals surface area contributed by atoms with Gasteiger partial charge in [-0.2, -0.15) is 0 Å². The first-order chi connectivity index (χ1) is 14.4. The van der Waals surface area contributed by atoms with Crippen LogP contribution in [0.2, 0.25) is 0 Å². The maximum Gasteiger partial charge on any atom is 0.196 e. The second kappa shape index (κ2) is 7.64. The van der Waals surface area contributed by atoms with E-state index in [4.69, 9.17) is 4.74 Å². The molecule has 0 amide bonds. The van der Waals surface area contributed by atoms with Crippen molar-refractivity contribution < 1.29 is 14.3 Å². The van der Waals surface area contributed by atoms with Gasteiger partial charge in [-0.15, -0.1) is 0 Å². The van der Waals surface area contributed by atoms with Gasteiger partial charge in [-0.3, -0.25) is 9.59 Å². The molecule has 0 unspecified atom stereocenters. The van der Waals surface area contributed by atoms with Crippen molar-refractivity contribution >= 4 is 22.5 Å². The molecule has 0 radical (unpaired) electrons. The van der Waals surface area contributed by atoms with E-state index in [1.54, 1.807) is 12.1 Å². The van der Waals surface area contributed by atoms with E-state index in [1.165, 1.54) is 7.11 Å². The number of ketones is 2. The van der Waals surface area contributed by atoms with Gasteiger partial charge in [0.05, 0.1) is 18.2 Å². The lowest BCUT2D eigenvalue weighted by Gasteiger charge is -2.09. The van der Waals surface area contributed by atoms with Gasteiger partial charge >= 0.3 is 0 Å². The highest BCUT2D eigenvalue weighted by Crippen LogP contribution is 2.32. The topological polar surface area (TPSA) is 59.2 Å². The number of H-pyrrole nitrogens is 1. The van der Waals surface area contributed by atoms with Crippen LogP contribution in [0, 0.1) is 20.8 Å². The number of nitrogens with one attached hydrogen (secondary N) is 1. The van der Waals surface area contributed by atoms with E-state index >= 15 is 0 Å². The Morgan fingerprint density at radius 2 is 1.30 bits per heavy atom. The second-order valence-corrected chi connectivity index (χ2v) is 7.61. The van der Waals surface area contributed by atoms with E-state index in [9.17, 15) is 9.59 Å². The van der Waals surface area contributed by atoms with Gasteiger partial charge in [-0.25, -0.2) is 0 Å². The molecule has 0 saturated carbocycles. The van der Waals surface area contributed by atoms with Crippen molar-refractivity contribution in [3.05, 3.63) is 99.7 Å². The number of hydrogen-bond acceptors (Lipinski definition) is 3. The molecule has 4 heteroatoms. The maximum absolute atomic E-state index is 13.2. The van der Waals surface area contributed by atoms with Crippen molar-refractivity contribution in [2.45, 2.75) is 20.8 Å². The van der Waals surface area contributed by atoms with Crippen molar-refractivity contribution in [1.82, 2.24) is 4.98 Å². The molecular weight excluding hydrogens is 374 g/mol. The van der Waals surface area contributed by atoms with Crippen LogP contribution in [0.3, 0.4) is 0 Å². The van der Waals surface area contributed by atoms with E-state index in [0.717, 1.165) is 27.7 Å². The first-order valence-corrected chi connectivity index (χ1v) is 9.82. The Morgan fingerprint density at radius 1 is 0.767 bits per heavy atom. The summed E-state index contributed by atoms with van der Waals surface area (Å²) in [7, 11) is 1.54. The molecule has 0 fully saturated rings. The van der Waals surface area contributed by atoms with Gasteiger partial charge in [0, 0.05) is 27.7 Å². The number of benzene rings is 3. The maximum atomic E-state index is 13.2. The minimum absolute atomic E-state index is 0.0570. The Balaban J connectivity index is 1.83. The summed E-state index contributed by atoms with van der Waals surface area (Å²) in [4.78, 5) is 29.6. The molecule has 0 aliphatic heterocycles. The number of methoxy groups -OCH3 is 1. The normalized spacial score (nSPS) is 10.9. The first-order valence-electron chi connectivity index (χ1n) is 9.82. The Bertz CT molecular complexity index is 1260. The summed E-state index contributed by atoms with van der Waals surface area (Å²) < 4.78 is 5.54. The standard InChI is InChI=1S/C26H23NO3/c1-15-5-9-18(10-6-15)25(28)21-13-22-20(14-23(21)30-4)24(17(3)27-22)26(29)19-11-7-16(2)8-12-19/h5-14,27H,1-4H3. The van der Waals surface area contributed by atoms with Crippen LogP contribution in [-0.4, -0.2) is 23.7 Å². The summed E-state index contributed by atoms with van der Waals surface area (Å²) in [5.74, 6) is 0.274. The van der Waals surface area contributed by atoms with Gasteiger partial charge < -0.3 is 9.72 Å². The monoisotopic (exact) mass is 397 g/mol. The smallest absolute Gasteiger partial charge is 0.196 e. The average molecular weight is 397 g/mol. The van der Waals surface area contributed by atoms with Crippen LogP contribution in [-0.2, 0) is 0 Å². The molecule has 0 aliphatic carbocycles. The highest BCUT2D eigenvalue weighted by molar-refractivity contribution is 6.19. The molecule has 0 aliphatic rings. The average Bonchev–Trinajstić information content (AvgIpc) is 3.07. The van der Waals surface area contributed by atoms with Crippen LogP contribution in [0.4, 0.5) is 0 Å². The Labute approximate surface area is 175 Å². The zero-order chi connectivity index (χ0) is 21.4. The second-order valence-electron chi connectivity index (χ2n) is 7.61. The lowest BCUT2D eigenvalue weighted by molar-refractivity contribution is 0.103. The van der Waals surface area contributed by atoms with E-state index in [2.05, 4.69) is 4.98 Å². The zero-order valence-corrected chi connectivity index (χ0v) is 17.5. The SMILES string of the molecule is COc1cc2c(C(=O)c3ccc(C)cc3)c(C)[nH]c2cc1C(=O)c1ccc(C)cc1. The van der Waals surface area contributed by atoms with Crippen molar-refractivity contribution in [1.29, 1.82) is 0 Å². The Hall–Kier alpha value is -3.66. The van der Waals surface area contributed by atoms with Crippen LogP contribution in [0.25, 0.3) is 10.9 Å². The Morgan fingerprint density at radius 3 is 1.83 bits per heavy atom. The number of aromatic amines is 1. The van der Waals surface area contributed by atoms with Crippen LogP contribution in [0.5, 0.6) is 5.75 Å². The van der Waals surface area contributed by atoms with Gasteiger partial charge in [-0.1, -0.05) is 59.7 Å². The first kappa shape index (κ1) is 19.6. The van der Waals surface area contributed by atoms with E-state index in [1.807, 2.05) is 69.3 Å². The highest BCUT2D eigenvalue weighted by Gasteiger charge is 2.22. The van der Waals surface area contributed by atoms with Gasteiger partial charge in [0.25, 0.3) is 0 Å². The van der Waals surface area contributed by atoms with Crippen LogP contribution in [0.15, 0.2) is 60.7 Å². The van der Waals surface area contributed by atoms with Crippen molar-refractivity contribution in [2.24, 2.45) is 0 Å². The van der Waals surface area contributed by atoms with Crippen LogP contribution >= 0.6 is 0 Å². The number of fused-ring (bicyclic) bond motifs is 1. The summed E-state index contributed by atoms with van der Waals surface area (Å²) in [6, 6.07) is 18.5. The third kappa shape index (κ3) is 3.41. The summed E-state index contributed by atoms with van der Waals surface area (Å²) >= 11 is 0. The molecular formula is C26H23NO3. The van der Waals surface area contributed by atoms with E-state index in [0.29, 0.717) is 28.0 Å². The molecule has 30 heavy (non-hydrogen) atoms. The third-order valence-electron chi connectivity index (χ3n) is 5.41. The number of ether oxygens (including phenoxy) is 1. The molecule has 4 nitrogen and oxygen atoms in total. The fourth-order valence-corrected chi connectivity index (χ4v) is 3.71. The lowest BCUT2D eigenvalue weighted by Crippen LogP contribution is -2.05. The molecule has 4 rings (SSSR count). The van der Waals surface area contributed by atoms with Crippen LogP contribution < -0.4 is 4.74 Å². The van der Waals surface area contributed by atoms with Gasteiger partial charge in [0.15, 0.2) is 11.6 Å². The third-order valence-corrected chi connectivity index (χ3v) is 5.41. The molecule has 1 N–H and O–H groups in total. The number of carbonyl (C=O) groups is 2. The molecule has 0 spiro atoms. The van der Waals surface area contributed by atoms with E-state index in [-0.39, 0.29) is 11.6 Å². The summed E-state index contributed by atoms with van der Waals surface area (Å²) in [6.45, 7) is 5.84. The Kier molecular flexibility index (Phi) is 5.00. The number of rotatable bonds is 5. The van der Waals surface area contributed by atoms with Crippen molar-refractivity contribution in [3.63, 3.8) is 0 Å². The summed E-state index contributed by atoms with van der Waals surface area (Å²) in [5.41, 5.74) is 5.97. The van der Waals surface area contributed by atoms with Gasteiger partial charge in [-0.05, 0) is 32.9 Å². The van der Waals surface area contributed by atoms with Gasteiger partial charge in [0.1, 0.15) is 5.75 Å². The van der Waals surface area contributed by atoms with Crippen molar-refractivity contribution in [2.75, 3.05) is 7.11 Å². The fraction of sp³-hybridized carbons (Fsp3) is 0.154. The largest absolute Gasteiger partial charge is 0.496 e. The van der Waals surface area contributed by atoms with Gasteiger partial charge in [0.2, 0.25) is 0 Å². The van der Waals surface area contributed by atoms with E-state index < -0.39 is 0 Å². The minimum atomic E-state index is -0.118. The minimum Gasteiger partial charge on any atom is -0.496 e. The molecule has 4 aromatic rings. The number of aromatic nitrogens is 1. The zero-order valence-electron chi connectivity index (χ0n) is 17.5. The fourth-order valence-electron chi connectivity index (χ4n) is 3.71. The van der Waals surface area contributed by atoms with Crippen LogP contribution in [0.1, 0.15) is 48.7 Å². The molecule has 150 valence electrons. The summed E-state index contributed by atoms with van der Waals surface area (Å²) in [6.07, 6.45) is 0. The molecule has 1 aromatic heterocycles. The number of hydrogen-bond donors (Lipinski definition) is 1. The number of carbonyl (C=O) groups excluding carboxylic acids is 2. The predicted molar refractivity (Wildman–Crippen MR) is 119 cm³/mol. The number of aryl methyl sites for hydroxylation is 3. The summed E-state index contributed by atoms with van der Waals surface area (Å²) in [5, 5.41) is 0.746. The molecule has 1 heterocycles. The highest BCUT2D eigenvalue weighted by atomic mass is 16.5.